The Balaban J connectivity index is 1.31. The van der Waals surface area contributed by atoms with Gasteiger partial charge in [0.15, 0.2) is 0 Å². The minimum Gasteiger partial charge on any atom is -0.492 e. The molecule has 1 aromatic carbocycles. The fourth-order valence-electron chi connectivity index (χ4n) is 3.59. The standard InChI is InChI=1S/C20H33N3O2/c1-3-21-12-14-25-20(16-21)17-23-10-8-22(9-11-23)13-15-24-19-6-4-18(2)5-7-19/h4-7,20H,3,8-17H2,1-2H3/t20-/m0/s1. The normalized spacial score (nSPS) is 23.7. The van der Waals surface area contributed by atoms with Gasteiger partial charge >= 0.3 is 0 Å². The van der Waals surface area contributed by atoms with Crippen molar-refractivity contribution in [3.8, 4) is 5.75 Å². The molecule has 0 saturated carbocycles. The Morgan fingerprint density at radius 3 is 2.44 bits per heavy atom. The lowest BCUT2D eigenvalue weighted by Gasteiger charge is -2.39. The monoisotopic (exact) mass is 347 g/mol. The second-order valence-corrected chi connectivity index (χ2v) is 7.19. The molecule has 140 valence electrons. The highest BCUT2D eigenvalue weighted by Crippen LogP contribution is 2.12. The molecule has 2 aliphatic heterocycles. The van der Waals surface area contributed by atoms with Crippen LogP contribution in [-0.4, -0.2) is 92.9 Å². The summed E-state index contributed by atoms with van der Waals surface area (Å²) in [5.41, 5.74) is 1.27. The van der Waals surface area contributed by atoms with Gasteiger partial charge in [0.1, 0.15) is 12.4 Å². The summed E-state index contributed by atoms with van der Waals surface area (Å²) in [5, 5.41) is 0. The van der Waals surface area contributed by atoms with E-state index in [0.29, 0.717) is 6.10 Å². The van der Waals surface area contributed by atoms with Crippen molar-refractivity contribution in [2.45, 2.75) is 20.0 Å². The van der Waals surface area contributed by atoms with E-state index >= 15 is 0 Å². The van der Waals surface area contributed by atoms with Crippen LogP contribution in [0.1, 0.15) is 12.5 Å². The summed E-state index contributed by atoms with van der Waals surface area (Å²) in [5.74, 6) is 0.971. The van der Waals surface area contributed by atoms with Crippen LogP contribution in [0.25, 0.3) is 0 Å². The number of hydrogen-bond donors (Lipinski definition) is 0. The van der Waals surface area contributed by atoms with Gasteiger partial charge in [-0.15, -0.1) is 0 Å². The fraction of sp³-hybridized carbons (Fsp3) is 0.700. The Kier molecular flexibility index (Phi) is 7.11. The summed E-state index contributed by atoms with van der Waals surface area (Å²) < 4.78 is 11.8. The number of nitrogens with zero attached hydrogens (tertiary/aromatic N) is 3. The van der Waals surface area contributed by atoms with Crippen LogP contribution in [0.2, 0.25) is 0 Å². The first-order valence-electron chi connectivity index (χ1n) is 9.71. The molecule has 0 radical (unpaired) electrons. The second-order valence-electron chi connectivity index (χ2n) is 7.19. The van der Waals surface area contributed by atoms with E-state index in [0.717, 1.165) is 77.9 Å². The third-order valence-corrected chi connectivity index (χ3v) is 5.29. The van der Waals surface area contributed by atoms with Crippen molar-refractivity contribution < 1.29 is 9.47 Å². The molecule has 3 rings (SSSR count). The largest absolute Gasteiger partial charge is 0.492 e. The molecule has 0 unspecified atom stereocenters. The van der Waals surface area contributed by atoms with Crippen LogP contribution in [0.15, 0.2) is 24.3 Å². The van der Waals surface area contributed by atoms with Gasteiger partial charge < -0.3 is 9.47 Å². The van der Waals surface area contributed by atoms with Gasteiger partial charge in [-0.25, -0.2) is 0 Å². The van der Waals surface area contributed by atoms with Crippen molar-refractivity contribution in [1.29, 1.82) is 0 Å². The van der Waals surface area contributed by atoms with Crippen LogP contribution in [0.3, 0.4) is 0 Å². The predicted octanol–water partition coefficient (Wildman–Crippen LogP) is 1.71. The minimum atomic E-state index is 0.380. The van der Waals surface area contributed by atoms with Gasteiger partial charge in [-0.2, -0.15) is 0 Å². The Bertz CT molecular complexity index is 500. The highest BCUT2D eigenvalue weighted by molar-refractivity contribution is 5.26. The lowest BCUT2D eigenvalue weighted by Crippen LogP contribution is -2.52. The van der Waals surface area contributed by atoms with E-state index in [2.05, 4.69) is 52.8 Å². The summed E-state index contributed by atoms with van der Waals surface area (Å²) in [4.78, 5) is 7.55. The third-order valence-electron chi connectivity index (χ3n) is 5.29. The van der Waals surface area contributed by atoms with Gasteiger partial charge in [0.25, 0.3) is 0 Å². The third kappa shape index (κ3) is 5.96. The average molecular weight is 348 g/mol. The maximum atomic E-state index is 5.94. The van der Waals surface area contributed by atoms with Gasteiger partial charge in [-0.05, 0) is 25.6 Å². The van der Waals surface area contributed by atoms with E-state index < -0.39 is 0 Å². The maximum absolute atomic E-state index is 5.94. The van der Waals surface area contributed by atoms with E-state index in [9.17, 15) is 0 Å². The summed E-state index contributed by atoms with van der Waals surface area (Å²) in [6, 6.07) is 8.30. The van der Waals surface area contributed by atoms with E-state index in [1.807, 2.05) is 0 Å². The maximum Gasteiger partial charge on any atom is 0.119 e. The van der Waals surface area contributed by atoms with Crippen molar-refractivity contribution in [1.82, 2.24) is 14.7 Å². The van der Waals surface area contributed by atoms with Crippen LogP contribution in [-0.2, 0) is 4.74 Å². The Morgan fingerprint density at radius 1 is 1.00 bits per heavy atom. The van der Waals surface area contributed by atoms with Crippen molar-refractivity contribution in [3.63, 3.8) is 0 Å². The van der Waals surface area contributed by atoms with E-state index in [-0.39, 0.29) is 0 Å². The number of piperazine rings is 1. The highest BCUT2D eigenvalue weighted by atomic mass is 16.5. The number of likely N-dealkylation sites (N-methyl/N-ethyl adjacent to an activating group) is 1. The summed E-state index contributed by atoms with van der Waals surface area (Å²) >= 11 is 0. The molecule has 2 saturated heterocycles. The molecule has 2 aliphatic rings. The van der Waals surface area contributed by atoms with Crippen molar-refractivity contribution in [2.24, 2.45) is 0 Å². The lowest BCUT2D eigenvalue weighted by atomic mass is 10.2. The second kappa shape index (κ2) is 9.53. The van der Waals surface area contributed by atoms with Gasteiger partial charge in [-0.3, -0.25) is 14.7 Å². The van der Waals surface area contributed by atoms with E-state index in [1.54, 1.807) is 0 Å². The lowest BCUT2D eigenvalue weighted by molar-refractivity contribution is -0.0470. The first-order chi connectivity index (χ1) is 12.2. The van der Waals surface area contributed by atoms with Gasteiger partial charge in [0, 0.05) is 52.4 Å². The molecule has 5 heteroatoms. The molecular formula is C20H33N3O2. The molecule has 0 aromatic heterocycles. The van der Waals surface area contributed by atoms with Gasteiger partial charge in [0.2, 0.25) is 0 Å². The van der Waals surface area contributed by atoms with Crippen LogP contribution < -0.4 is 4.74 Å². The Labute approximate surface area is 152 Å². The number of morpholine rings is 1. The molecule has 0 spiro atoms. The molecule has 1 atom stereocenters. The topological polar surface area (TPSA) is 28.2 Å². The summed E-state index contributed by atoms with van der Waals surface area (Å²) in [7, 11) is 0. The van der Waals surface area contributed by atoms with E-state index in [4.69, 9.17) is 9.47 Å². The van der Waals surface area contributed by atoms with Gasteiger partial charge in [-0.1, -0.05) is 24.6 Å². The quantitative estimate of drug-likeness (QED) is 0.749. The molecule has 0 aliphatic carbocycles. The van der Waals surface area contributed by atoms with Gasteiger partial charge in [0.05, 0.1) is 12.7 Å². The van der Waals surface area contributed by atoms with Crippen molar-refractivity contribution >= 4 is 0 Å². The zero-order chi connectivity index (χ0) is 17.5. The number of aryl methyl sites for hydroxylation is 1. The first kappa shape index (κ1) is 18.6. The molecule has 2 fully saturated rings. The Hall–Kier alpha value is -1.14. The zero-order valence-electron chi connectivity index (χ0n) is 15.8. The van der Waals surface area contributed by atoms with E-state index in [1.165, 1.54) is 5.56 Å². The predicted molar refractivity (Wildman–Crippen MR) is 101 cm³/mol. The van der Waals surface area contributed by atoms with Crippen LogP contribution in [0, 0.1) is 6.92 Å². The minimum absolute atomic E-state index is 0.380. The van der Waals surface area contributed by atoms with Crippen molar-refractivity contribution in [3.05, 3.63) is 29.8 Å². The zero-order valence-corrected chi connectivity index (χ0v) is 15.8. The first-order valence-corrected chi connectivity index (χ1v) is 9.71. The fourth-order valence-corrected chi connectivity index (χ4v) is 3.59. The van der Waals surface area contributed by atoms with Crippen molar-refractivity contribution in [2.75, 3.05) is 72.1 Å². The molecule has 2 heterocycles. The molecule has 0 amide bonds. The molecule has 5 nitrogen and oxygen atoms in total. The average Bonchev–Trinajstić information content (AvgIpc) is 2.65. The molecule has 1 aromatic rings. The molecule has 0 bridgehead atoms. The molecule has 0 N–H and O–H groups in total. The number of ether oxygens (including phenoxy) is 2. The smallest absolute Gasteiger partial charge is 0.119 e. The van der Waals surface area contributed by atoms with Crippen LogP contribution in [0.4, 0.5) is 0 Å². The van der Waals surface area contributed by atoms with Crippen LogP contribution >= 0.6 is 0 Å². The van der Waals surface area contributed by atoms with Crippen LogP contribution in [0.5, 0.6) is 5.75 Å². The highest BCUT2D eigenvalue weighted by Gasteiger charge is 2.24. The molecule has 25 heavy (non-hydrogen) atoms. The number of rotatable bonds is 7. The summed E-state index contributed by atoms with van der Waals surface area (Å²) in [6.45, 7) is 15.9. The number of hydrogen-bond acceptors (Lipinski definition) is 5. The molecular weight excluding hydrogens is 314 g/mol. The SMILES string of the molecule is CCN1CCO[C@H](CN2CCN(CCOc3ccc(C)cc3)CC2)C1. The summed E-state index contributed by atoms with van der Waals surface area (Å²) in [6.07, 6.45) is 0.380. The number of benzene rings is 1. The Morgan fingerprint density at radius 2 is 1.72 bits per heavy atom.